The van der Waals surface area contributed by atoms with E-state index in [1.54, 1.807) is 6.07 Å². The highest BCUT2D eigenvalue weighted by atomic mass is 32.1. The van der Waals surface area contributed by atoms with E-state index in [1.807, 2.05) is 30.3 Å². The number of rotatable bonds is 1. The van der Waals surface area contributed by atoms with E-state index in [9.17, 15) is 5.11 Å². The molecule has 0 bridgehead atoms. The fourth-order valence-electron chi connectivity index (χ4n) is 1.26. The van der Waals surface area contributed by atoms with Crippen LogP contribution in [-0.4, -0.2) is 10.1 Å². The van der Waals surface area contributed by atoms with Crippen LogP contribution in [0, 0.1) is 0 Å². The SMILES string of the molecule is Oc1cc(S)nc(-c2ccccc2)c1. The van der Waals surface area contributed by atoms with Gasteiger partial charge in [0.15, 0.2) is 0 Å². The van der Waals surface area contributed by atoms with Crippen LogP contribution in [0.15, 0.2) is 47.5 Å². The average molecular weight is 203 g/mol. The molecular formula is C11H9NOS. The number of nitrogens with zero attached hydrogens (tertiary/aromatic N) is 1. The number of aromatic hydroxyl groups is 1. The number of thiol groups is 1. The van der Waals surface area contributed by atoms with Crippen molar-refractivity contribution in [2.45, 2.75) is 5.03 Å². The van der Waals surface area contributed by atoms with Crippen LogP contribution in [0.3, 0.4) is 0 Å². The molecule has 2 rings (SSSR count). The van der Waals surface area contributed by atoms with Crippen LogP contribution in [0.4, 0.5) is 0 Å². The summed E-state index contributed by atoms with van der Waals surface area (Å²) < 4.78 is 0. The van der Waals surface area contributed by atoms with E-state index in [0.29, 0.717) is 5.03 Å². The lowest BCUT2D eigenvalue weighted by Crippen LogP contribution is -1.83. The van der Waals surface area contributed by atoms with Crippen molar-refractivity contribution in [3.8, 4) is 17.0 Å². The Morgan fingerprint density at radius 1 is 1.07 bits per heavy atom. The molecule has 1 N–H and O–H groups in total. The molecule has 0 amide bonds. The second-order valence-electron chi connectivity index (χ2n) is 2.93. The molecule has 70 valence electrons. The van der Waals surface area contributed by atoms with Gasteiger partial charge in [0, 0.05) is 17.7 Å². The standard InChI is InChI=1S/C11H9NOS/c13-9-6-10(12-11(14)7-9)8-4-2-1-3-5-8/h1-7H,(H2,12,13,14). The zero-order chi connectivity index (χ0) is 9.97. The van der Waals surface area contributed by atoms with Gasteiger partial charge in [0.2, 0.25) is 0 Å². The maximum atomic E-state index is 9.37. The Morgan fingerprint density at radius 2 is 1.79 bits per heavy atom. The molecule has 0 spiro atoms. The third kappa shape index (κ3) is 1.88. The minimum Gasteiger partial charge on any atom is -0.508 e. The molecule has 0 aliphatic carbocycles. The van der Waals surface area contributed by atoms with E-state index in [2.05, 4.69) is 17.6 Å². The van der Waals surface area contributed by atoms with Gasteiger partial charge in [-0.05, 0) is 0 Å². The second kappa shape index (κ2) is 3.72. The van der Waals surface area contributed by atoms with Crippen LogP contribution in [0.25, 0.3) is 11.3 Å². The van der Waals surface area contributed by atoms with Crippen molar-refractivity contribution in [3.63, 3.8) is 0 Å². The molecule has 0 unspecified atom stereocenters. The predicted octanol–water partition coefficient (Wildman–Crippen LogP) is 2.74. The summed E-state index contributed by atoms with van der Waals surface area (Å²) in [5.74, 6) is 0.184. The fourth-order valence-corrected chi connectivity index (χ4v) is 1.50. The maximum absolute atomic E-state index is 9.37. The molecule has 0 fully saturated rings. The van der Waals surface area contributed by atoms with E-state index < -0.39 is 0 Å². The number of benzene rings is 1. The molecule has 14 heavy (non-hydrogen) atoms. The quantitative estimate of drug-likeness (QED) is 0.699. The molecule has 0 saturated heterocycles. The largest absolute Gasteiger partial charge is 0.508 e. The Labute approximate surface area is 87.7 Å². The van der Waals surface area contributed by atoms with Crippen molar-refractivity contribution in [3.05, 3.63) is 42.5 Å². The van der Waals surface area contributed by atoms with Crippen LogP contribution >= 0.6 is 12.6 Å². The molecule has 0 radical (unpaired) electrons. The highest BCUT2D eigenvalue weighted by molar-refractivity contribution is 7.80. The smallest absolute Gasteiger partial charge is 0.120 e. The summed E-state index contributed by atoms with van der Waals surface area (Å²) in [6.45, 7) is 0. The summed E-state index contributed by atoms with van der Waals surface area (Å²) in [5.41, 5.74) is 1.70. The van der Waals surface area contributed by atoms with Crippen molar-refractivity contribution >= 4 is 12.6 Å². The van der Waals surface area contributed by atoms with Crippen LogP contribution in [0.2, 0.25) is 0 Å². The Morgan fingerprint density at radius 3 is 2.43 bits per heavy atom. The van der Waals surface area contributed by atoms with Crippen molar-refractivity contribution < 1.29 is 5.11 Å². The van der Waals surface area contributed by atoms with Crippen molar-refractivity contribution in [2.24, 2.45) is 0 Å². The minimum atomic E-state index is 0.184. The lowest BCUT2D eigenvalue weighted by atomic mass is 10.1. The van der Waals surface area contributed by atoms with Gasteiger partial charge in [0.25, 0.3) is 0 Å². The van der Waals surface area contributed by atoms with Gasteiger partial charge in [-0.2, -0.15) is 0 Å². The molecule has 0 aliphatic heterocycles. The molecule has 3 heteroatoms. The second-order valence-corrected chi connectivity index (χ2v) is 3.39. The van der Waals surface area contributed by atoms with Crippen LogP contribution in [0.5, 0.6) is 5.75 Å². The van der Waals surface area contributed by atoms with E-state index in [0.717, 1.165) is 11.3 Å². The van der Waals surface area contributed by atoms with Gasteiger partial charge < -0.3 is 5.11 Å². The first kappa shape index (κ1) is 9.09. The minimum absolute atomic E-state index is 0.184. The van der Waals surface area contributed by atoms with E-state index in [-0.39, 0.29) is 5.75 Å². The topological polar surface area (TPSA) is 33.1 Å². The number of hydrogen-bond donors (Lipinski definition) is 2. The predicted molar refractivity (Wildman–Crippen MR) is 58.6 cm³/mol. The van der Waals surface area contributed by atoms with Gasteiger partial charge in [-0.1, -0.05) is 30.3 Å². The van der Waals surface area contributed by atoms with E-state index in [1.165, 1.54) is 6.07 Å². The summed E-state index contributed by atoms with van der Waals surface area (Å²) >= 11 is 4.10. The first-order valence-electron chi connectivity index (χ1n) is 4.21. The van der Waals surface area contributed by atoms with Gasteiger partial charge >= 0.3 is 0 Å². The van der Waals surface area contributed by atoms with Crippen LogP contribution < -0.4 is 0 Å². The zero-order valence-electron chi connectivity index (χ0n) is 7.38. The summed E-state index contributed by atoms with van der Waals surface area (Å²) in [5, 5.41) is 9.88. The molecule has 1 aromatic heterocycles. The number of hydrogen-bond acceptors (Lipinski definition) is 3. The summed E-state index contributed by atoms with van der Waals surface area (Å²) in [4.78, 5) is 4.21. The van der Waals surface area contributed by atoms with Crippen molar-refractivity contribution in [1.29, 1.82) is 0 Å². The van der Waals surface area contributed by atoms with Gasteiger partial charge in [-0.25, -0.2) is 4.98 Å². The Kier molecular flexibility index (Phi) is 2.41. The molecule has 0 saturated carbocycles. The normalized spacial score (nSPS) is 10.1. The first-order chi connectivity index (χ1) is 6.75. The Balaban J connectivity index is 2.52. The number of aromatic nitrogens is 1. The maximum Gasteiger partial charge on any atom is 0.120 e. The third-order valence-corrected chi connectivity index (χ3v) is 2.10. The summed E-state index contributed by atoms with van der Waals surface area (Å²) in [6.07, 6.45) is 0. The van der Waals surface area contributed by atoms with Gasteiger partial charge in [-0.15, -0.1) is 12.6 Å². The van der Waals surface area contributed by atoms with E-state index in [4.69, 9.17) is 0 Å². The van der Waals surface area contributed by atoms with Gasteiger partial charge in [0.05, 0.1) is 10.7 Å². The van der Waals surface area contributed by atoms with Crippen molar-refractivity contribution in [2.75, 3.05) is 0 Å². The summed E-state index contributed by atoms with van der Waals surface area (Å²) in [7, 11) is 0. The molecular weight excluding hydrogens is 194 g/mol. The molecule has 1 heterocycles. The monoisotopic (exact) mass is 203 g/mol. The van der Waals surface area contributed by atoms with Gasteiger partial charge in [-0.3, -0.25) is 0 Å². The third-order valence-electron chi connectivity index (χ3n) is 1.87. The van der Waals surface area contributed by atoms with Crippen LogP contribution in [-0.2, 0) is 0 Å². The molecule has 0 atom stereocenters. The van der Waals surface area contributed by atoms with Crippen molar-refractivity contribution in [1.82, 2.24) is 4.98 Å². The lowest BCUT2D eigenvalue weighted by Gasteiger charge is -2.02. The average Bonchev–Trinajstić information content (AvgIpc) is 2.18. The number of pyridine rings is 1. The Bertz CT molecular complexity index is 422. The molecule has 2 nitrogen and oxygen atoms in total. The zero-order valence-corrected chi connectivity index (χ0v) is 8.28. The van der Waals surface area contributed by atoms with Crippen LogP contribution in [0.1, 0.15) is 0 Å². The Hall–Kier alpha value is -1.48. The first-order valence-corrected chi connectivity index (χ1v) is 4.66. The molecule has 2 aromatic rings. The van der Waals surface area contributed by atoms with Gasteiger partial charge in [0.1, 0.15) is 5.75 Å². The highest BCUT2D eigenvalue weighted by Crippen LogP contribution is 2.23. The molecule has 0 aliphatic rings. The summed E-state index contributed by atoms with van der Waals surface area (Å²) in [6, 6.07) is 12.8. The highest BCUT2D eigenvalue weighted by Gasteiger charge is 2.01. The molecule has 1 aromatic carbocycles. The lowest BCUT2D eigenvalue weighted by molar-refractivity contribution is 0.473. The fraction of sp³-hybridized carbons (Fsp3) is 0. The van der Waals surface area contributed by atoms with E-state index >= 15 is 0 Å².